The monoisotopic (exact) mass is 340 g/mol. The lowest BCUT2D eigenvalue weighted by Gasteiger charge is -2.46. The molecule has 2 saturated heterocycles. The van der Waals surface area contributed by atoms with Gasteiger partial charge in [0, 0.05) is 5.41 Å². The molecular weight excluding hydrogens is 316 g/mol. The predicted molar refractivity (Wildman–Crippen MR) is 71.8 cm³/mol. The zero-order valence-corrected chi connectivity index (χ0v) is 12.6. The molecule has 2 heterocycles. The summed E-state index contributed by atoms with van der Waals surface area (Å²) in [6.07, 6.45) is -11.7. The molecule has 0 radical (unpaired) electrons. The van der Waals surface area contributed by atoms with E-state index >= 15 is 0 Å². The average Bonchev–Trinajstić information content (AvgIpc) is 2.55. The largest absolute Gasteiger partial charge is 0.396 e. The summed E-state index contributed by atoms with van der Waals surface area (Å²) in [6.45, 7) is 0.361. The minimum absolute atomic E-state index is 0.120. The van der Waals surface area contributed by atoms with Gasteiger partial charge in [-0.25, -0.2) is 0 Å². The molecule has 2 aliphatic heterocycles. The fraction of sp³-hybridized carbons (Fsp3) is 1.00. The standard InChI is InChI=1S/C13H24O10/c1-13(3-15)4-21-12(8(18)10(13)19)23-9-5(2-14)22-11(20)7(17)6(9)16/h5-12,14-20H,2-4H2,1H3/t5-,6?,7?,8?,9?,10?,11+,12?,13-/m0/s1. The minimum Gasteiger partial charge on any atom is -0.396 e. The highest BCUT2D eigenvalue weighted by atomic mass is 16.7. The Balaban J connectivity index is 2.08. The lowest BCUT2D eigenvalue weighted by molar-refractivity contribution is -0.347. The van der Waals surface area contributed by atoms with Crippen molar-refractivity contribution in [1.82, 2.24) is 0 Å². The van der Waals surface area contributed by atoms with E-state index in [1.165, 1.54) is 6.92 Å². The highest BCUT2D eigenvalue weighted by Crippen LogP contribution is 2.33. The third-order valence-corrected chi connectivity index (χ3v) is 4.39. The maximum absolute atomic E-state index is 10.1. The van der Waals surface area contributed by atoms with Gasteiger partial charge < -0.3 is 50.0 Å². The molecule has 0 amide bonds. The Hall–Kier alpha value is -0.400. The van der Waals surface area contributed by atoms with Crippen LogP contribution >= 0.6 is 0 Å². The van der Waals surface area contributed by atoms with Crippen molar-refractivity contribution in [3.8, 4) is 0 Å². The lowest BCUT2D eigenvalue weighted by atomic mass is 9.81. The highest BCUT2D eigenvalue weighted by molar-refractivity contribution is 4.94. The van der Waals surface area contributed by atoms with Crippen molar-refractivity contribution in [3.05, 3.63) is 0 Å². The second-order valence-corrected chi connectivity index (χ2v) is 6.26. The first-order valence-corrected chi connectivity index (χ1v) is 7.29. The van der Waals surface area contributed by atoms with E-state index in [1.807, 2.05) is 0 Å². The van der Waals surface area contributed by atoms with Crippen LogP contribution < -0.4 is 0 Å². The van der Waals surface area contributed by atoms with Crippen LogP contribution in [0.15, 0.2) is 0 Å². The zero-order chi connectivity index (χ0) is 17.4. The quantitative estimate of drug-likeness (QED) is 0.267. The molecule has 0 aromatic rings. The fourth-order valence-corrected chi connectivity index (χ4v) is 2.67. The molecule has 7 N–H and O–H groups in total. The van der Waals surface area contributed by atoms with Crippen molar-refractivity contribution < 1.29 is 50.0 Å². The topological polar surface area (TPSA) is 169 Å². The van der Waals surface area contributed by atoms with E-state index in [9.17, 15) is 35.7 Å². The summed E-state index contributed by atoms with van der Waals surface area (Å²) < 4.78 is 15.6. The maximum Gasteiger partial charge on any atom is 0.186 e. The van der Waals surface area contributed by atoms with Crippen LogP contribution in [0.25, 0.3) is 0 Å². The van der Waals surface area contributed by atoms with Gasteiger partial charge in [-0.1, -0.05) is 6.92 Å². The summed E-state index contributed by atoms with van der Waals surface area (Å²) in [5.41, 5.74) is -1.08. The first kappa shape index (κ1) is 18.9. The molecule has 0 aliphatic carbocycles. The van der Waals surface area contributed by atoms with Crippen LogP contribution in [0, 0.1) is 5.41 Å². The van der Waals surface area contributed by atoms with Crippen molar-refractivity contribution in [2.75, 3.05) is 19.8 Å². The summed E-state index contributed by atoms with van der Waals surface area (Å²) in [5, 5.41) is 67.7. The third kappa shape index (κ3) is 3.51. The third-order valence-electron chi connectivity index (χ3n) is 4.39. The SMILES string of the molecule is C[C@]1(CO)COC(OC2C(O)C(O)[C@H](O)O[C@H]2CO)C(O)C1O. The van der Waals surface area contributed by atoms with Crippen LogP contribution in [-0.4, -0.2) is 105 Å². The van der Waals surface area contributed by atoms with Crippen LogP contribution in [0.2, 0.25) is 0 Å². The minimum atomic E-state index is -1.69. The predicted octanol–water partition coefficient (Wildman–Crippen LogP) is -4.12. The average molecular weight is 340 g/mol. The first-order valence-electron chi connectivity index (χ1n) is 7.29. The van der Waals surface area contributed by atoms with E-state index < -0.39 is 67.8 Å². The second kappa shape index (κ2) is 7.23. The van der Waals surface area contributed by atoms with Gasteiger partial charge in [0.2, 0.25) is 0 Å². The van der Waals surface area contributed by atoms with Gasteiger partial charge in [-0.2, -0.15) is 0 Å². The molecule has 0 aromatic carbocycles. The molecule has 23 heavy (non-hydrogen) atoms. The van der Waals surface area contributed by atoms with Crippen molar-refractivity contribution in [3.63, 3.8) is 0 Å². The molecule has 10 nitrogen and oxygen atoms in total. The number of hydrogen-bond donors (Lipinski definition) is 7. The number of aliphatic hydroxyl groups is 7. The van der Waals surface area contributed by atoms with Crippen LogP contribution in [0.3, 0.4) is 0 Å². The second-order valence-electron chi connectivity index (χ2n) is 6.26. The van der Waals surface area contributed by atoms with Gasteiger partial charge in [-0.05, 0) is 0 Å². The Kier molecular flexibility index (Phi) is 5.95. The molecule has 2 fully saturated rings. The van der Waals surface area contributed by atoms with Gasteiger partial charge in [0.25, 0.3) is 0 Å². The van der Waals surface area contributed by atoms with Crippen LogP contribution in [0.1, 0.15) is 6.92 Å². The zero-order valence-electron chi connectivity index (χ0n) is 12.6. The van der Waals surface area contributed by atoms with Crippen molar-refractivity contribution in [2.45, 2.75) is 56.1 Å². The molecule has 6 unspecified atom stereocenters. The van der Waals surface area contributed by atoms with Crippen molar-refractivity contribution in [1.29, 1.82) is 0 Å². The molecule has 0 spiro atoms. The Bertz CT molecular complexity index is 393. The molecule has 0 saturated carbocycles. The maximum atomic E-state index is 10.1. The highest BCUT2D eigenvalue weighted by Gasteiger charge is 2.50. The Labute approximate surface area is 132 Å². The fourth-order valence-electron chi connectivity index (χ4n) is 2.67. The van der Waals surface area contributed by atoms with E-state index in [0.717, 1.165) is 0 Å². The Morgan fingerprint density at radius 3 is 2.26 bits per heavy atom. The van der Waals surface area contributed by atoms with Gasteiger partial charge in [0.15, 0.2) is 12.6 Å². The van der Waals surface area contributed by atoms with Gasteiger partial charge in [-0.15, -0.1) is 0 Å². The van der Waals surface area contributed by atoms with Gasteiger partial charge in [0.05, 0.1) is 25.9 Å². The molecule has 0 bridgehead atoms. The normalized spacial score (nSPS) is 51.7. The van der Waals surface area contributed by atoms with Crippen molar-refractivity contribution >= 4 is 0 Å². The first-order chi connectivity index (χ1) is 10.7. The smallest absolute Gasteiger partial charge is 0.186 e. The molecule has 10 heteroatoms. The van der Waals surface area contributed by atoms with Gasteiger partial charge >= 0.3 is 0 Å². The molecule has 136 valence electrons. The Morgan fingerprint density at radius 1 is 1.04 bits per heavy atom. The van der Waals surface area contributed by atoms with Crippen LogP contribution in [0.4, 0.5) is 0 Å². The van der Waals surface area contributed by atoms with Gasteiger partial charge in [-0.3, -0.25) is 0 Å². The molecule has 9 atom stereocenters. The van der Waals surface area contributed by atoms with E-state index in [-0.39, 0.29) is 6.61 Å². The number of rotatable bonds is 4. The van der Waals surface area contributed by atoms with E-state index in [1.54, 1.807) is 0 Å². The molecular formula is C13H24O10. The van der Waals surface area contributed by atoms with E-state index in [0.29, 0.717) is 0 Å². The van der Waals surface area contributed by atoms with Crippen LogP contribution in [0.5, 0.6) is 0 Å². The summed E-state index contributed by atoms with van der Waals surface area (Å²) in [7, 11) is 0. The number of ether oxygens (including phenoxy) is 3. The number of aliphatic hydroxyl groups excluding tert-OH is 7. The number of hydrogen-bond acceptors (Lipinski definition) is 10. The Morgan fingerprint density at radius 2 is 1.70 bits per heavy atom. The summed E-state index contributed by atoms with van der Waals surface area (Å²) in [4.78, 5) is 0. The van der Waals surface area contributed by atoms with Crippen LogP contribution in [-0.2, 0) is 14.2 Å². The van der Waals surface area contributed by atoms with E-state index in [4.69, 9.17) is 14.2 Å². The molecule has 0 aromatic heterocycles. The molecule has 2 aliphatic rings. The van der Waals surface area contributed by atoms with Gasteiger partial charge in [0.1, 0.15) is 30.5 Å². The summed E-state index contributed by atoms with van der Waals surface area (Å²) in [5.74, 6) is 0. The summed E-state index contributed by atoms with van der Waals surface area (Å²) >= 11 is 0. The molecule has 2 rings (SSSR count). The van der Waals surface area contributed by atoms with E-state index in [2.05, 4.69) is 0 Å². The summed E-state index contributed by atoms with van der Waals surface area (Å²) in [6, 6.07) is 0. The van der Waals surface area contributed by atoms with Crippen molar-refractivity contribution in [2.24, 2.45) is 5.41 Å². The lowest BCUT2D eigenvalue weighted by Crippen LogP contribution is -2.63.